The normalized spacial score (nSPS) is 16.2. The molecule has 0 radical (unpaired) electrons. The van der Waals surface area contributed by atoms with Gasteiger partial charge in [-0.2, -0.15) is 18.3 Å². The van der Waals surface area contributed by atoms with Gasteiger partial charge in [-0.1, -0.05) is 26.7 Å². The lowest BCUT2D eigenvalue weighted by Crippen LogP contribution is -2.39. The summed E-state index contributed by atoms with van der Waals surface area (Å²) in [5, 5.41) is 6.02. The van der Waals surface area contributed by atoms with Gasteiger partial charge in [0.1, 0.15) is 5.56 Å². The van der Waals surface area contributed by atoms with Gasteiger partial charge in [0.05, 0.1) is 11.7 Å². The van der Waals surface area contributed by atoms with Crippen molar-refractivity contribution in [1.29, 1.82) is 0 Å². The predicted octanol–water partition coefficient (Wildman–Crippen LogP) is 4.31. The van der Waals surface area contributed by atoms with Crippen LogP contribution in [-0.2, 0) is 17.4 Å². The number of hydrogen-bond acceptors (Lipinski definition) is 4. The molecule has 0 aliphatic heterocycles. The van der Waals surface area contributed by atoms with Crippen LogP contribution in [0.5, 0.6) is 0 Å². The Morgan fingerprint density at radius 2 is 1.87 bits per heavy atom. The largest absolute Gasteiger partial charge is 0.422 e. The first-order valence-electron chi connectivity index (χ1n) is 11.3. The van der Waals surface area contributed by atoms with Gasteiger partial charge in [-0.15, -0.1) is 0 Å². The van der Waals surface area contributed by atoms with Gasteiger partial charge in [0.15, 0.2) is 0 Å². The summed E-state index contributed by atoms with van der Waals surface area (Å²) in [6.45, 7) is 9.99. The molecule has 1 atom stereocenters. The summed E-state index contributed by atoms with van der Waals surface area (Å²) in [5.41, 5.74) is -2.06. The van der Waals surface area contributed by atoms with Gasteiger partial charge in [0, 0.05) is 32.1 Å². The standard InChI is InChI=1S/C22H35F3N4O2/c1-5-7-8-13-28(12-6-2)18(30)11-14-29(15(3)4)17-10-9-16-19(22(23,24)25)21(31)27-26-20(16)17/h15,17H,5-14H2,1-4H3,(H,27,31). The summed E-state index contributed by atoms with van der Waals surface area (Å²) in [6.07, 6.45) is 0.231. The van der Waals surface area contributed by atoms with Crippen molar-refractivity contribution in [2.45, 2.75) is 90.9 Å². The number of H-pyrrole nitrogens is 1. The summed E-state index contributed by atoms with van der Waals surface area (Å²) in [5.74, 6) is 0.0761. The Balaban J connectivity index is 2.16. The van der Waals surface area contributed by atoms with Gasteiger partial charge in [0.2, 0.25) is 5.91 Å². The quantitative estimate of drug-likeness (QED) is 0.517. The number of aromatic amines is 1. The molecule has 1 N–H and O–H groups in total. The van der Waals surface area contributed by atoms with Gasteiger partial charge in [-0.25, -0.2) is 5.10 Å². The molecule has 31 heavy (non-hydrogen) atoms. The van der Waals surface area contributed by atoms with Crippen LogP contribution >= 0.6 is 0 Å². The third-order valence-electron chi connectivity index (χ3n) is 5.91. The number of hydrogen-bond donors (Lipinski definition) is 1. The summed E-state index contributed by atoms with van der Waals surface area (Å²) < 4.78 is 40.3. The topological polar surface area (TPSA) is 69.3 Å². The molecule has 176 valence electrons. The molecular formula is C22H35F3N4O2. The zero-order valence-corrected chi connectivity index (χ0v) is 19.0. The monoisotopic (exact) mass is 444 g/mol. The number of alkyl halides is 3. The van der Waals surface area contributed by atoms with Crippen molar-refractivity contribution >= 4 is 5.91 Å². The van der Waals surface area contributed by atoms with Crippen molar-refractivity contribution in [3.63, 3.8) is 0 Å². The average molecular weight is 445 g/mol. The van der Waals surface area contributed by atoms with Crippen LogP contribution in [0.3, 0.4) is 0 Å². The number of unbranched alkanes of at least 4 members (excludes halogenated alkanes) is 2. The van der Waals surface area contributed by atoms with Crippen LogP contribution < -0.4 is 5.56 Å². The highest BCUT2D eigenvalue weighted by Gasteiger charge is 2.42. The lowest BCUT2D eigenvalue weighted by Gasteiger charge is -2.33. The third kappa shape index (κ3) is 6.30. The third-order valence-corrected chi connectivity index (χ3v) is 5.91. The molecule has 9 heteroatoms. The van der Waals surface area contributed by atoms with E-state index in [4.69, 9.17) is 0 Å². The van der Waals surface area contributed by atoms with Crippen LogP contribution in [0.2, 0.25) is 0 Å². The molecule has 0 saturated heterocycles. The first kappa shape index (κ1) is 25.4. The molecule has 0 aromatic carbocycles. The van der Waals surface area contributed by atoms with Crippen molar-refractivity contribution in [2.24, 2.45) is 0 Å². The van der Waals surface area contributed by atoms with E-state index in [1.807, 2.05) is 35.7 Å². The fourth-order valence-corrected chi connectivity index (χ4v) is 4.41. The summed E-state index contributed by atoms with van der Waals surface area (Å²) >= 11 is 0. The van der Waals surface area contributed by atoms with E-state index in [-0.39, 0.29) is 35.7 Å². The maximum absolute atomic E-state index is 13.4. The molecule has 1 aliphatic carbocycles. The second kappa shape index (κ2) is 11.1. The molecule has 0 spiro atoms. The average Bonchev–Trinajstić information content (AvgIpc) is 3.09. The van der Waals surface area contributed by atoms with Crippen molar-refractivity contribution in [3.05, 3.63) is 27.2 Å². The van der Waals surface area contributed by atoms with Gasteiger partial charge < -0.3 is 4.90 Å². The number of carbonyl (C=O) groups is 1. The van der Waals surface area contributed by atoms with E-state index in [1.165, 1.54) is 0 Å². The van der Waals surface area contributed by atoms with Crippen LogP contribution in [0.15, 0.2) is 4.79 Å². The first-order chi connectivity index (χ1) is 14.6. The number of nitrogens with one attached hydrogen (secondary N) is 1. The minimum absolute atomic E-state index is 0.00889. The molecule has 1 aromatic heterocycles. The molecular weight excluding hydrogens is 409 g/mol. The van der Waals surface area contributed by atoms with Gasteiger partial charge in [-0.3, -0.25) is 14.5 Å². The predicted molar refractivity (Wildman–Crippen MR) is 114 cm³/mol. The second-order valence-corrected chi connectivity index (χ2v) is 8.51. The molecule has 1 unspecified atom stereocenters. The van der Waals surface area contributed by atoms with Crippen molar-refractivity contribution < 1.29 is 18.0 Å². The number of amides is 1. The lowest BCUT2D eigenvalue weighted by molar-refractivity contribution is -0.139. The maximum Gasteiger partial charge on any atom is 0.422 e. The minimum atomic E-state index is -4.72. The van der Waals surface area contributed by atoms with Gasteiger partial charge in [-0.05, 0) is 45.1 Å². The Hall–Kier alpha value is -1.90. The maximum atomic E-state index is 13.4. The molecule has 2 rings (SSSR count). The van der Waals surface area contributed by atoms with E-state index in [2.05, 4.69) is 12.0 Å². The molecule has 1 amide bonds. The molecule has 1 aliphatic rings. The summed E-state index contributed by atoms with van der Waals surface area (Å²) in [7, 11) is 0. The number of fused-ring (bicyclic) bond motifs is 1. The van der Waals surface area contributed by atoms with Crippen LogP contribution in [0.4, 0.5) is 13.2 Å². The Labute approximate surface area is 182 Å². The van der Waals surface area contributed by atoms with E-state index in [1.54, 1.807) is 0 Å². The van der Waals surface area contributed by atoms with E-state index >= 15 is 0 Å². The van der Waals surface area contributed by atoms with E-state index in [0.29, 0.717) is 25.9 Å². The van der Waals surface area contributed by atoms with Crippen LogP contribution in [0.1, 0.15) is 89.1 Å². The lowest BCUT2D eigenvalue weighted by atomic mass is 10.1. The molecule has 0 bridgehead atoms. The van der Waals surface area contributed by atoms with Crippen molar-refractivity contribution in [1.82, 2.24) is 20.0 Å². The van der Waals surface area contributed by atoms with Gasteiger partial charge in [0.25, 0.3) is 5.56 Å². The fourth-order valence-electron chi connectivity index (χ4n) is 4.41. The SMILES string of the molecule is CCCCCN(CCC)C(=O)CCN(C(C)C)C1CCc2c1n[nH]c(=O)c2C(F)(F)F. The summed E-state index contributed by atoms with van der Waals surface area (Å²) in [4.78, 5) is 28.6. The second-order valence-electron chi connectivity index (χ2n) is 8.51. The zero-order chi connectivity index (χ0) is 23.2. The zero-order valence-electron chi connectivity index (χ0n) is 19.0. The van der Waals surface area contributed by atoms with E-state index < -0.39 is 17.3 Å². The number of rotatable bonds is 11. The molecule has 0 saturated carbocycles. The van der Waals surface area contributed by atoms with Crippen LogP contribution in [-0.4, -0.2) is 51.6 Å². The van der Waals surface area contributed by atoms with Crippen LogP contribution in [0, 0.1) is 0 Å². The Kier molecular flexibility index (Phi) is 9.09. The highest BCUT2D eigenvalue weighted by atomic mass is 19.4. The highest BCUT2D eigenvalue weighted by Crippen LogP contribution is 2.40. The molecule has 0 fully saturated rings. The fraction of sp³-hybridized carbons (Fsp3) is 0.773. The van der Waals surface area contributed by atoms with Crippen LogP contribution in [0.25, 0.3) is 0 Å². The highest BCUT2D eigenvalue weighted by molar-refractivity contribution is 5.76. The number of halogens is 3. The first-order valence-corrected chi connectivity index (χ1v) is 11.3. The number of carbonyl (C=O) groups excluding carboxylic acids is 1. The number of nitrogens with zero attached hydrogens (tertiary/aromatic N) is 3. The summed E-state index contributed by atoms with van der Waals surface area (Å²) in [6, 6.07) is -0.327. The van der Waals surface area contributed by atoms with Crippen molar-refractivity contribution in [2.75, 3.05) is 19.6 Å². The van der Waals surface area contributed by atoms with Crippen molar-refractivity contribution in [3.8, 4) is 0 Å². The van der Waals surface area contributed by atoms with Gasteiger partial charge >= 0.3 is 6.18 Å². The number of aromatic nitrogens is 2. The molecule has 6 nitrogen and oxygen atoms in total. The van der Waals surface area contributed by atoms with E-state index in [0.717, 1.165) is 32.2 Å². The van der Waals surface area contributed by atoms with E-state index in [9.17, 15) is 22.8 Å². The smallest absolute Gasteiger partial charge is 0.343 e. The minimum Gasteiger partial charge on any atom is -0.343 e. The molecule has 1 heterocycles. The molecule has 1 aromatic rings. The Morgan fingerprint density at radius 1 is 1.16 bits per heavy atom. The Morgan fingerprint density at radius 3 is 2.45 bits per heavy atom. The Bertz CT molecular complexity index is 792.